The van der Waals surface area contributed by atoms with Gasteiger partial charge < -0.3 is 10.1 Å². The van der Waals surface area contributed by atoms with Crippen LogP contribution in [0.3, 0.4) is 0 Å². The van der Waals surface area contributed by atoms with Crippen molar-refractivity contribution in [3.8, 4) is 22.6 Å². The zero-order valence-corrected chi connectivity index (χ0v) is 14.4. The van der Waals surface area contributed by atoms with E-state index < -0.39 is 5.82 Å². The van der Waals surface area contributed by atoms with Crippen molar-refractivity contribution >= 4 is 16.6 Å². The Morgan fingerprint density at radius 2 is 1.96 bits per heavy atom. The molecule has 0 spiro atoms. The molecule has 26 heavy (non-hydrogen) atoms. The van der Waals surface area contributed by atoms with E-state index in [1.54, 1.807) is 31.6 Å². The third kappa shape index (κ3) is 2.97. The molecule has 0 unspecified atom stereocenters. The van der Waals surface area contributed by atoms with E-state index in [1.807, 2.05) is 31.2 Å². The maximum Gasteiger partial charge on any atom is 0.167 e. The number of nitrogens with zero attached hydrogens (tertiary/aromatic N) is 2. The van der Waals surface area contributed by atoms with Crippen molar-refractivity contribution in [2.75, 3.05) is 12.4 Å². The van der Waals surface area contributed by atoms with E-state index in [0.717, 1.165) is 27.7 Å². The van der Waals surface area contributed by atoms with Crippen LogP contribution in [0.5, 0.6) is 11.5 Å². The highest BCUT2D eigenvalue weighted by Crippen LogP contribution is 2.37. The summed E-state index contributed by atoms with van der Waals surface area (Å²) in [6.45, 7) is 1.93. The number of benzene rings is 2. The quantitative estimate of drug-likeness (QED) is 0.550. The number of fused-ring (bicyclic) bond motifs is 1. The van der Waals surface area contributed by atoms with Gasteiger partial charge in [0.15, 0.2) is 11.6 Å². The lowest BCUT2D eigenvalue weighted by molar-refractivity contribution is 0.444. The SMILES string of the molecule is CNc1ccc(Oc2cc3cn[nH]c3cc2-c2ccnc(C)c2)c(F)c1. The molecule has 0 bridgehead atoms. The largest absolute Gasteiger partial charge is 0.454 e. The number of ether oxygens (including phenoxy) is 1. The Labute approximate surface area is 149 Å². The van der Waals surface area contributed by atoms with Gasteiger partial charge in [0.05, 0.1) is 11.7 Å². The van der Waals surface area contributed by atoms with Crippen molar-refractivity contribution in [1.29, 1.82) is 0 Å². The molecule has 2 heterocycles. The van der Waals surface area contributed by atoms with E-state index in [2.05, 4.69) is 20.5 Å². The standard InChI is InChI=1S/C20H17FN4O/c1-12-7-13(5-6-23-12)16-10-18-14(11-24-25-18)8-20(16)26-19-4-3-15(22-2)9-17(19)21/h3-11,22H,1-2H3,(H,24,25). The zero-order chi connectivity index (χ0) is 18.1. The van der Waals surface area contributed by atoms with Crippen LogP contribution in [0.1, 0.15) is 5.69 Å². The van der Waals surface area contributed by atoms with Gasteiger partial charge in [-0.05, 0) is 48.9 Å². The first-order chi connectivity index (χ1) is 12.6. The first kappa shape index (κ1) is 16.1. The number of halogens is 1. The minimum Gasteiger partial charge on any atom is -0.454 e. The van der Waals surface area contributed by atoms with Crippen LogP contribution in [0.15, 0.2) is 54.9 Å². The van der Waals surface area contributed by atoms with Crippen LogP contribution in [-0.4, -0.2) is 22.2 Å². The van der Waals surface area contributed by atoms with Gasteiger partial charge in [0.25, 0.3) is 0 Å². The molecule has 0 fully saturated rings. The van der Waals surface area contributed by atoms with Crippen molar-refractivity contribution in [2.24, 2.45) is 0 Å². The van der Waals surface area contributed by atoms with E-state index in [4.69, 9.17) is 4.74 Å². The van der Waals surface area contributed by atoms with Crippen molar-refractivity contribution < 1.29 is 9.13 Å². The third-order valence-corrected chi connectivity index (χ3v) is 4.19. The summed E-state index contributed by atoms with van der Waals surface area (Å²) < 4.78 is 20.3. The average molecular weight is 348 g/mol. The molecule has 0 saturated carbocycles. The van der Waals surface area contributed by atoms with Gasteiger partial charge in [0, 0.05) is 41.6 Å². The smallest absolute Gasteiger partial charge is 0.167 e. The summed E-state index contributed by atoms with van der Waals surface area (Å²) in [5, 5.41) is 10.8. The van der Waals surface area contributed by atoms with Crippen molar-refractivity contribution in [1.82, 2.24) is 15.2 Å². The zero-order valence-electron chi connectivity index (χ0n) is 14.4. The molecule has 0 amide bonds. The molecule has 0 aliphatic carbocycles. The molecule has 6 heteroatoms. The highest BCUT2D eigenvalue weighted by molar-refractivity contribution is 5.88. The number of anilines is 1. The minimum atomic E-state index is -0.430. The maximum absolute atomic E-state index is 14.4. The van der Waals surface area contributed by atoms with Crippen LogP contribution in [-0.2, 0) is 0 Å². The summed E-state index contributed by atoms with van der Waals surface area (Å²) in [6, 6.07) is 12.5. The molecule has 2 N–H and O–H groups in total. The number of hydrogen-bond acceptors (Lipinski definition) is 4. The Balaban J connectivity index is 1.84. The van der Waals surface area contributed by atoms with Crippen molar-refractivity contribution in [3.05, 3.63) is 66.4 Å². The molecule has 0 aliphatic rings. The minimum absolute atomic E-state index is 0.166. The lowest BCUT2D eigenvalue weighted by Crippen LogP contribution is -1.94. The Hall–Kier alpha value is -3.41. The first-order valence-electron chi connectivity index (χ1n) is 8.19. The lowest BCUT2D eigenvalue weighted by atomic mass is 10.0. The normalized spacial score (nSPS) is 10.9. The van der Waals surface area contributed by atoms with Gasteiger partial charge in [-0.25, -0.2) is 4.39 Å². The van der Waals surface area contributed by atoms with Crippen molar-refractivity contribution in [2.45, 2.75) is 6.92 Å². The molecule has 4 aromatic rings. The maximum atomic E-state index is 14.4. The molecular weight excluding hydrogens is 331 g/mol. The van der Waals surface area contributed by atoms with Gasteiger partial charge in [0.1, 0.15) is 5.75 Å². The van der Waals surface area contributed by atoms with Crippen LogP contribution in [0.25, 0.3) is 22.0 Å². The number of pyridine rings is 1. The second kappa shape index (κ2) is 6.48. The number of aryl methyl sites for hydroxylation is 1. The van der Waals surface area contributed by atoms with Gasteiger partial charge in [0.2, 0.25) is 0 Å². The average Bonchev–Trinajstić information content (AvgIpc) is 3.10. The van der Waals surface area contributed by atoms with Gasteiger partial charge in [-0.1, -0.05) is 0 Å². The monoisotopic (exact) mass is 348 g/mol. The molecule has 2 aromatic carbocycles. The van der Waals surface area contributed by atoms with Crippen molar-refractivity contribution in [3.63, 3.8) is 0 Å². The molecule has 5 nitrogen and oxygen atoms in total. The summed E-state index contributed by atoms with van der Waals surface area (Å²) in [6.07, 6.45) is 3.46. The summed E-state index contributed by atoms with van der Waals surface area (Å²) in [7, 11) is 1.74. The van der Waals surface area contributed by atoms with Crippen LogP contribution < -0.4 is 10.1 Å². The Kier molecular flexibility index (Phi) is 4.01. The topological polar surface area (TPSA) is 62.8 Å². The highest BCUT2D eigenvalue weighted by Gasteiger charge is 2.14. The highest BCUT2D eigenvalue weighted by atomic mass is 19.1. The van der Waals surface area contributed by atoms with E-state index in [0.29, 0.717) is 11.4 Å². The summed E-state index contributed by atoms with van der Waals surface area (Å²) in [5.41, 5.74) is 4.24. The Morgan fingerprint density at radius 3 is 2.73 bits per heavy atom. The molecule has 0 saturated heterocycles. The fourth-order valence-electron chi connectivity index (χ4n) is 2.85. The molecule has 4 rings (SSSR count). The second-order valence-electron chi connectivity index (χ2n) is 5.99. The number of hydrogen-bond donors (Lipinski definition) is 2. The predicted octanol–water partition coefficient (Wildman–Crippen LogP) is 4.91. The Bertz CT molecular complexity index is 1090. The molecule has 2 aromatic heterocycles. The number of nitrogens with one attached hydrogen (secondary N) is 2. The van der Waals surface area contributed by atoms with Gasteiger partial charge >= 0.3 is 0 Å². The van der Waals surface area contributed by atoms with Crippen LogP contribution in [0.2, 0.25) is 0 Å². The number of rotatable bonds is 4. The number of aromatic nitrogens is 3. The number of aromatic amines is 1. The van der Waals surface area contributed by atoms with Crippen LogP contribution >= 0.6 is 0 Å². The molecular formula is C20H17FN4O. The van der Waals surface area contributed by atoms with E-state index in [9.17, 15) is 4.39 Å². The summed E-state index contributed by atoms with van der Waals surface area (Å²) in [4.78, 5) is 4.24. The molecule has 130 valence electrons. The van der Waals surface area contributed by atoms with E-state index in [1.165, 1.54) is 6.07 Å². The van der Waals surface area contributed by atoms with E-state index >= 15 is 0 Å². The molecule has 0 radical (unpaired) electrons. The van der Waals surface area contributed by atoms with Crippen LogP contribution in [0, 0.1) is 12.7 Å². The van der Waals surface area contributed by atoms with Gasteiger partial charge in [-0.3, -0.25) is 10.1 Å². The van der Waals surface area contributed by atoms with E-state index in [-0.39, 0.29) is 5.75 Å². The lowest BCUT2D eigenvalue weighted by Gasteiger charge is -2.13. The number of H-pyrrole nitrogens is 1. The fraction of sp³-hybridized carbons (Fsp3) is 0.100. The second-order valence-corrected chi connectivity index (χ2v) is 5.99. The summed E-state index contributed by atoms with van der Waals surface area (Å²) in [5.74, 6) is 0.292. The van der Waals surface area contributed by atoms with Gasteiger partial charge in [-0.2, -0.15) is 5.10 Å². The molecule has 0 aliphatic heterocycles. The molecule has 0 atom stereocenters. The fourth-order valence-corrected chi connectivity index (χ4v) is 2.85. The third-order valence-electron chi connectivity index (χ3n) is 4.19. The predicted molar refractivity (Wildman–Crippen MR) is 100 cm³/mol. The van der Waals surface area contributed by atoms with Gasteiger partial charge in [-0.15, -0.1) is 0 Å². The first-order valence-corrected chi connectivity index (χ1v) is 8.19. The Morgan fingerprint density at radius 1 is 1.08 bits per heavy atom. The summed E-state index contributed by atoms with van der Waals surface area (Å²) >= 11 is 0. The van der Waals surface area contributed by atoms with Crippen LogP contribution in [0.4, 0.5) is 10.1 Å².